The summed E-state index contributed by atoms with van der Waals surface area (Å²) in [5.74, 6) is -2.70. The number of halogens is 3. The Bertz CT molecular complexity index is 461. The molecule has 0 spiro atoms. The number of ether oxygens (including phenoxy) is 1. The average molecular weight is 322 g/mol. The van der Waals surface area contributed by atoms with Gasteiger partial charge < -0.3 is 10.1 Å². The van der Waals surface area contributed by atoms with Crippen LogP contribution >= 0.6 is 15.9 Å². The molecular weight excluding hydrogens is 304 g/mol. The van der Waals surface area contributed by atoms with E-state index in [0.717, 1.165) is 11.1 Å². The van der Waals surface area contributed by atoms with Gasteiger partial charge in [-0.05, 0) is 44.5 Å². The molecule has 0 saturated heterocycles. The van der Waals surface area contributed by atoms with E-state index in [1.54, 1.807) is 13.8 Å². The molecular formula is C13H18BrF2NO. The fraction of sp³-hybridized carbons (Fsp3) is 0.538. The zero-order valence-corrected chi connectivity index (χ0v) is 12.8. The molecule has 0 aliphatic rings. The molecule has 0 atom stereocenters. The molecule has 0 fully saturated rings. The number of methoxy groups -OCH3 is 1. The van der Waals surface area contributed by atoms with Crippen molar-refractivity contribution in [1.29, 1.82) is 0 Å². The second-order valence-corrected chi connectivity index (χ2v) is 5.13. The predicted molar refractivity (Wildman–Crippen MR) is 72.7 cm³/mol. The van der Waals surface area contributed by atoms with Crippen LogP contribution in [0.5, 0.6) is 5.75 Å². The Morgan fingerprint density at radius 2 is 1.72 bits per heavy atom. The Balaban J connectivity index is 3.61. The van der Waals surface area contributed by atoms with Crippen LogP contribution in [-0.2, 0) is 5.92 Å². The number of benzene rings is 1. The second kappa shape index (κ2) is 5.53. The Labute approximate surface area is 115 Å². The van der Waals surface area contributed by atoms with Crippen molar-refractivity contribution in [1.82, 2.24) is 5.32 Å². The lowest BCUT2D eigenvalue weighted by Crippen LogP contribution is -2.30. The number of likely N-dealkylation sites (N-methyl/N-ethyl adjacent to an activating group) is 1. The van der Waals surface area contributed by atoms with Crippen molar-refractivity contribution in [2.45, 2.75) is 26.7 Å². The summed E-state index contributed by atoms with van der Waals surface area (Å²) in [4.78, 5) is 0. The summed E-state index contributed by atoms with van der Waals surface area (Å²) in [7, 11) is 2.93. The van der Waals surface area contributed by atoms with Crippen molar-refractivity contribution in [2.75, 3.05) is 20.7 Å². The van der Waals surface area contributed by atoms with Gasteiger partial charge in [0.25, 0.3) is 5.92 Å². The smallest absolute Gasteiger partial charge is 0.289 e. The topological polar surface area (TPSA) is 21.3 Å². The van der Waals surface area contributed by atoms with Gasteiger partial charge in [-0.3, -0.25) is 0 Å². The first-order valence-corrected chi connectivity index (χ1v) is 6.43. The van der Waals surface area contributed by atoms with Crippen molar-refractivity contribution >= 4 is 15.9 Å². The normalized spacial score (nSPS) is 11.8. The van der Waals surface area contributed by atoms with E-state index in [1.165, 1.54) is 14.2 Å². The first-order chi connectivity index (χ1) is 8.27. The van der Waals surface area contributed by atoms with Gasteiger partial charge in [-0.25, -0.2) is 0 Å². The summed E-state index contributed by atoms with van der Waals surface area (Å²) in [6.45, 7) is 4.93. The molecule has 0 bridgehead atoms. The molecule has 0 unspecified atom stereocenters. The molecule has 18 heavy (non-hydrogen) atoms. The van der Waals surface area contributed by atoms with E-state index in [0.29, 0.717) is 10.0 Å². The van der Waals surface area contributed by atoms with Crippen LogP contribution in [0.4, 0.5) is 8.78 Å². The molecule has 1 rings (SSSR count). The number of hydrogen-bond donors (Lipinski definition) is 1. The van der Waals surface area contributed by atoms with Crippen LogP contribution in [0.1, 0.15) is 22.3 Å². The first-order valence-electron chi connectivity index (χ1n) is 5.64. The van der Waals surface area contributed by atoms with E-state index in [4.69, 9.17) is 4.74 Å². The fourth-order valence-corrected chi connectivity index (χ4v) is 2.59. The molecule has 0 aliphatic heterocycles. The maximum Gasteiger partial charge on any atom is 0.289 e. The summed E-state index contributed by atoms with van der Waals surface area (Å²) < 4.78 is 34.3. The Morgan fingerprint density at radius 3 is 2.17 bits per heavy atom. The third kappa shape index (κ3) is 2.52. The highest BCUT2D eigenvalue weighted by Crippen LogP contribution is 2.43. The molecule has 0 aromatic heterocycles. The number of rotatable bonds is 4. The summed E-state index contributed by atoms with van der Waals surface area (Å²) in [5, 5.41) is 2.52. The standard InChI is InChI=1S/C13H18BrF2NO/c1-7-8(2)12(18-5)10(9(3)11(7)14)13(15,16)6-17-4/h17H,6H2,1-5H3. The molecule has 0 saturated carbocycles. The molecule has 1 aromatic carbocycles. The minimum atomic E-state index is -2.97. The van der Waals surface area contributed by atoms with Gasteiger partial charge >= 0.3 is 0 Å². The van der Waals surface area contributed by atoms with E-state index in [9.17, 15) is 8.78 Å². The minimum Gasteiger partial charge on any atom is -0.496 e. The average Bonchev–Trinajstić information content (AvgIpc) is 2.30. The quantitative estimate of drug-likeness (QED) is 0.913. The van der Waals surface area contributed by atoms with Crippen molar-refractivity contribution in [3.63, 3.8) is 0 Å². The molecule has 1 aromatic rings. The third-order valence-electron chi connectivity index (χ3n) is 3.13. The van der Waals surface area contributed by atoms with Crippen LogP contribution < -0.4 is 10.1 Å². The van der Waals surface area contributed by atoms with Gasteiger partial charge in [0.2, 0.25) is 0 Å². The van der Waals surface area contributed by atoms with Gasteiger partial charge in [0.05, 0.1) is 19.2 Å². The Kier molecular flexibility index (Phi) is 4.72. The van der Waals surface area contributed by atoms with Gasteiger partial charge in [-0.15, -0.1) is 0 Å². The Hall–Kier alpha value is -0.680. The van der Waals surface area contributed by atoms with Crippen molar-refractivity contribution < 1.29 is 13.5 Å². The first kappa shape index (κ1) is 15.4. The van der Waals surface area contributed by atoms with Crippen LogP contribution in [0, 0.1) is 20.8 Å². The number of nitrogens with one attached hydrogen (secondary N) is 1. The molecule has 5 heteroatoms. The van der Waals surface area contributed by atoms with Crippen molar-refractivity contribution in [3.05, 3.63) is 26.7 Å². The molecule has 1 N–H and O–H groups in total. The van der Waals surface area contributed by atoms with Crippen molar-refractivity contribution in [2.24, 2.45) is 0 Å². The maximum absolute atomic E-state index is 14.2. The summed E-state index contributed by atoms with van der Waals surface area (Å²) in [6, 6.07) is 0. The lowest BCUT2D eigenvalue weighted by atomic mass is 9.94. The fourth-order valence-electron chi connectivity index (χ4n) is 2.09. The summed E-state index contributed by atoms with van der Waals surface area (Å²) in [5.41, 5.74) is 2.14. The second-order valence-electron chi connectivity index (χ2n) is 4.33. The predicted octanol–water partition coefficient (Wildman–Crippen LogP) is 3.69. The lowest BCUT2D eigenvalue weighted by Gasteiger charge is -2.25. The lowest BCUT2D eigenvalue weighted by molar-refractivity contribution is -0.00421. The van der Waals surface area contributed by atoms with Crippen molar-refractivity contribution in [3.8, 4) is 5.75 Å². The Morgan fingerprint density at radius 1 is 1.17 bits per heavy atom. The molecule has 0 aliphatic carbocycles. The van der Waals surface area contributed by atoms with Gasteiger partial charge in [-0.1, -0.05) is 15.9 Å². The molecule has 2 nitrogen and oxygen atoms in total. The zero-order valence-electron chi connectivity index (χ0n) is 11.2. The monoisotopic (exact) mass is 321 g/mol. The van der Waals surface area contributed by atoms with Gasteiger partial charge in [0.1, 0.15) is 5.75 Å². The summed E-state index contributed by atoms with van der Waals surface area (Å²) in [6.07, 6.45) is 0. The zero-order chi connectivity index (χ0) is 14.1. The molecule has 0 radical (unpaired) electrons. The van der Waals surface area contributed by atoms with Gasteiger partial charge in [0, 0.05) is 4.47 Å². The third-order valence-corrected chi connectivity index (χ3v) is 4.32. The van der Waals surface area contributed by atoms with Crippen LogP contribution in [0.25, 0.3) is 0 Å². The van der Waals surface area contributed by atoms with Crippen LogP contribution in [0.3, 0.4) is 0 Å². The van der Waals surface area contributed by atoms with E-state index in [-0.39, 0.29) is 11.3 Å². The highest BCUT2D eigenvalue weighted by Gasteiger charge is 2.37. The largest absolute Gasteiger partial charge is 0.496 e. The SMILES string of the molecule is CNCC(F)(F)c1c(C)c(Br)c(C)c(C)c1OC. The molecule has 102 valence electrons. The molecule has 0 amide bonds. The highest BCUT2D eigenvalue weighted by molar-refractivity contribution is 9.10. The number of alkyl halides is 2. The van der Waals surface area contributed by atoms with Gasteiger partial charge in [-0.2, -0.15) is 8.78 Å². The minimum absolute atomic E-state index is 0.0469. The highest BCUT2D eigenvalue weighted by atomic mass is 79.9. The van der Waals surface area contributed by atoms with E-state index < -0.39 is 12.5 Å². The van der Waals surface area contributed by atoms with Gasteiger partial charge in [0.15, 0.2) is 0 Å². The maximum atomic E-state index is 14.2. The van der Waals surface area contributed by atoms with E-state index in [1.807, 2.05) is 6.92 Å². The summed E-state index contributed by atoms with van der Waals surface area (Å²) >= 11 is 3.38. The van der Waals surface area contributed by atoms with Crippen LogP contribution in [-0.4, -0.2) is 20.7 Å². The van der Waals surface area contributed by atoms with Crippen LogP contribution in [0.2, 0.25) is 0 Å². The van der Waals surface area contributed by atoms with E-state index >= 15 is 0 Å². The molecule has 0 heterocycles. The van der Waals surface area contributed by atoms with Crippen LogP contribution in [0.15, 0.2) is 4.47 Å². The van der Waals surface area contributed by atoms with E-state index in [2.05, 4.69) is 21.2 Å². The number of hydrogen-bond acceptors (Lipinski definition) is 2.